The normalized spacial score (nSPS) is 12.5. The Morgan fingerprint density at radius 3 is 1.22 bits per heavy atom. The molecule has 0 bridgehead atoms. The molecule has 0 aromatic carbocycles. The fraction of sp³-hybridized carbons (Fsp3) is 0.830. The molecule has 0 aliphatic carbocycles. The van der Waals surface area contributed by atoms with Crippen molar-refractivity contribution in [3.8, 4) is 0 Å². The maximum atomic E-state index is 12.6. The second-order valence-corrected chi connectivity index (χ2v) is 15.2. The van der Waals surface area contributed by atoms with E-state index < -0.39 is 5.97 Å². The van der Waals surface area contributed by atoms with Crippen LogP contribution in [0.5, 0.6) is 0 Å². The van der Waals surface area contributed by atoms with Gasteiger partial charge in [0.1, 0.15) is 6.10 Å². The molecule has 0 aliphatic heterocycles. The summed E-state index contributed by atoms with van der Waals surface area (Å²) in [4.78, 5) is 23.3. The largest absolute Gasteiger partial charge is 0.481 e. The van der Waals surface area contributed by atoms with E-state index in [0.717, 1.165) is 77.0 Å². The summed E-state index contributed by atoms with van der Waals surface area (Å²) < 4.78 is 5.91. The minimum absolute atomic E-state index is 0.0580. The van der Waals surface area contributed by atoms with Gasteiger partial charge in [-0.3, -0.25) is 9.59 Å². The molecule has 0 rings (SSSR count). The fourth-order valence-corrected chi connectivity index (χ4v) is 6.83. The van der Waals surface area contributed by atoms with Crippen molar-refractivity contribution < 1.29 is 19.4 Å². The van der Waals surface area contributed by atoms with Crippen molar-refractivity contribution in [3.63, 3.8) is 0 Å². The highest BCUT2D eigenvalue weighted by molar-refractivity contribution is 5.69. The van der Waals surface area contributed by atoms with Crippen molar-refractivity contribution in [2.24, 2.45) is 0 Å². The maximum absolute atomic E-state index is 12.6. The summed E-state index contributed by atoms with van der Waals surface area (Å²) in [6.07, 6.45) is 56.5. The number of allylic oxidation sites excluding steroid dienone is 5. The molecule has 1 N–H and O–H groups in total. The van der Waals surface area contributed by atoms with Crippen LogP contribution in [-0.4, -0.2) is 23.1 Å². The summed E-state index contributed by atoms with van der Waals surface area (Å²) in [6.45, 7) is 4.44. The van der Waals surface area contributed by atoms with Crippen LogP contribution in [0.3, 0.4) is 0 Å². The quantitative estimate of drug-likeness (QED) is 0.0389. The van der Waals surface area contributed by atoms with Crippen molar-refractivity contribution in [1.29, 1.82) is 0 Å². The minimum Gasteiger partial charge on any atom is -0.481 e. The molecular weight excluding hydrogens is 629 g/mol. The molecule has 0 fully saturated rings. The Morgan fingerprint density at radius 2 is 0.804 bits per heavy atom. The Bertz CT molecular complexity index is 813. The van der Waals surface area contributed by atoms with Crippen molar-refractivity contribution in [2.75, 3.05) is 0 Å². The Morgan fingerprint density at radius 1 is 0.451 bits per heavy atom. The summed E-state index contributed by atoms with van der Waals surface area (Å²) in [5.41, 5.74) is 0. The number of hydrogen-bond donors (Lipinski definition) is 1. The molecule has 0 heterocycles. The first kappa shape index (κ1) is 49.2. The molecule has 0 aliphatic rings. The molecule has 0 saturated carbocycles. The number of unbranched alkanes of at least 4 members (excludes halogenated alkanes) is 28. The van der Waals surface area contributed by atoms with Crippen molar-refractivity contribution in [1.82, 2.24) is 0 Å². The van der Waals surface area contributed by atoms with Gasteiger partial charge in [-0.25, -0.2) is 0 Å². The third-order valence-electron chi connectivity index (χ3n) is 10.1. The van der Waals surface area contributed by atoms with Gasteiger partial charge in [0.05, 0.1) is 0 Å². The van der Waals surface area contributed by atoms with Crippen molar-refractivity contribution in [2.45, 2.75) is 251 Å². The lowest BCUT2D eigenvalue weighted by molar-refractivity contribution is -0.147. The Labute approximate surface area is 318 Å². The molecule has 4 nitrogen and oxygen atoms in total. The minimum atomic E-state index is -0.704. The Balaban J connectivity index is 3.81. The molecule has 0 amide bonds. The molecule has 51 heavy (non-hydrogen) atoms. The number of ether oxygens (including phenoxy) is 1. The van der Waals surface area contributed by atoms with Crippen LogP contribution >= 0.6 is 0 Å². The molecule has 0 saturated heterocycles. The van der Waals surface area contributed by atoms with Crippen LogP contribution in [-0.2, 0) is 14.3 Å². The number of carbonyl (C=O) groups excluding carboxylic acids is 1. The van der Waals surface area contributed by atoms with E-state index in [-0.39, 0.29) is 18.5 Å². The van der Waals surface area contributed by atoms with Crippen LogP contribution in [0.15, 0.2) is 36.5 Å². The third-order valence-corrected chi connectivity index (χ3v) is 10.1. The lowest BCUT2D eigenvalue weighted by Crippen LogP contribution is -2.16. The van der Waals surface area contributed by atoms with E-state index in [1.54, 1.807) is 0 Å². The van der Waals surface area contributed by atoms with Crippen LogP contribution in [0.25, 0.3) is 0 Å². The standard InChI is InChI=1S/C47H86O4/c1-3-5-7-9-11-13-14-15-16-17-18-19-20-21-22-23-24-25-26-27-28-30-36-40-44-47(50)51-45(41-37-33-29-12-10-8-6-4-2)42-38-34-31-32-35-39-43-46(48)49/h6,8,12,29,37,41,45H,3-5,7,9-11,13-28,30-36,38-40,42-44H2,1-2H3,(H,48,49)/b8-6-,29-12-,41-37-. The van der Waals surface area contributed by atoms with E-state index in [1.165, 1.54) is 141 Å². The van der Waals surface area contributed by atoms with E-state index >= 15 is 0 Å². The molecule has 0 spiro atoms. The summed E-state index contributed by atoms with van der Waals surface area (Å²) in [7, 11) is 0. The zero-order chi connectivity index (χ0) is 37.1. The summed E-state index contributed by atoms with van der Waals surface area (Å²) in [6, 6.07) is 0. The second kappa shape index (κ2) is 42.6. The maximum Gasteiger partial charge on any atom is 0.306 e. The number of hydrogen-bond acceptors (Lipinski definition) is 3. The average Bonchev–Trinajstić information content (AvgIpc) is 3.12. The highest BCUT2D eigenvalue weighted by Gasteiger charge is 2.11. The van der Waals surface area contributed by atoms with Gasteiger partial charge in [-0.2, -0.15) is 0 Å². The molecule has 4 heteroatoms. The third kappa shape index (κ3) is 42.5. The number of carbonyl (C=O) groups is 2. The van der Waals surface area contributed by atoms with Gasteiger partial charge in [0, 0.05) is 12.8 Å². The van der Waals surface area contributed by atoms with Gasteiger partial charge < -0.3 is 9.84 Å². The number of rotatable bonds is 41. The first-order valence-electron chi connectivity index (χ1n) is 22.5. The van der Waals surface area contributed by atoms with Crippen molar-refractivity contribution in [3.05, 3.63) is 36.5 Å². The smallest absolute Gasteiger partial charge is 0.306 e. The number of aliphatic carboxylic acids is 1. The Kier molecular flexibility index (Phi) is 41.0. The molecule has 0 aromatic heterocycles. The molecule has 1 atom stereocenters. The van der Waals surface area contributed by atoms with E-state index in [1.807, 2.05) is 0 Å². The first-order chi connectivity index (χ1) is 25.1. The molecule has 298 valence electrons. The fourth-order valence-electron chi connectivity index (χ4n) is 6.83. The van der Waals surface area contributed by atoms with Crippen LogP contribution in [0.2, 0.25) is 0 Å². The molecular formula is C47H86O4. The SMILES string of the molecule is CC/C=C\C/C=C\C/C=C\C(CCCCCCCCC(=O)O)OC(=O)CCCCCCCCCCCCCCCCCCCCCCCCCC. The van der Waals surface area contributed by atoms with Gasteiger partial charge in [-0.05, 0) is 51.0 Å². The molecule has 1 unspecified atom stereocenters. The number of carboxylic acid groups (broad SMARTS) is 1. The van der Waals surface area contributed by atoms with Gasteiger partial charge in [-0.1, -0.05) is 218 Å². The first-order valence-corrected chi connectivity index (χ1v) is 22.5. The van der Waals surface area contributed by atoms with Crippen LogP contribution in [0.1, 0.15) is 245 Å². The molecule has 0 aromatic rings. The van der Waals surface area contributed by atoms with Crippen LogP contribution in [0.4, 0.5) is 0 Å². The zero-order valence-corrected chi connectivity index (χ0v) is 34.2. The average molecular weight is 715 g/mol. The van der Waals surface area contributed by atoms with E-state index in [2.05, 4.69) is 50.3 Å². The van der Waals surface area contributed by atoms with E-state index in [9.17, 15) is 9.59 Å². The lowest BCUT2D eigenvalue weighted by atomic mass is 10.0. The summed E-state index contributed by atoms with van der Waals surface area (Å²) in [5.74, 6) is -0.762. The van der Waals surface area contributed by atoms with Gasteiger partial charge in [0.15, 0.2) is 0 Å². The molecule has 0 radical (unpaired) electrons. The summed E-state index contributed by atoms with van der Waals surface area (Å²) >= 11 is 0. The lowest BCUT2D eigenvalue weighted by Gasteiger charge is -2.14. The predicted molar refractivity (Wildman–Crippen MR) is 222 cm³/mol. The number of esters is 1. The summed E-state index contributed by atoms with van der Waals surface area (Å²) in [5, 5.41) is 8.78. The van der Waals surface area contributed by atoms with Gasteiger partial charge in [0.25, 0.3) is 0 Å². The highest BCUT2D eigenvalue weighted by atomic mass is 16.5. The van der Waals surface area contributed by atoms with Gasteiger partial charge in [-0.15, -0.1) is 0 Å². The highest BCUT2D eigenvalue weighted by Crippen LogP contribution is 2.17. The predicted octanol–water partition coefficient (Wildman–Crippen LogP) is 15.7. The van der Waals surface area contributed by atoms with Gasteiger partial charge in [0.2, 0.25) is 0 Å². The van der Waals surface area contributed by atoms with Crippen LogP contribution in [0, 0.1) is 0 Å². The van der Waals surface area contributed by atoms with Crippen molar-refractivity contribution >= 4 is 11.9 Å². The topological polar surface area (TPSA) is 63.6 Å². The van der Waals surface area contributed by atoms with Crippen LogP contribution < -0.4 is 0 Å². The monoisotopic (exact) mass is 715 g/mol. The second-order valence-electron chi connectivity index (χ2n) is 15.2. The van der Waals surface area contributed by atoms with E-state index in [0.29, 0.717) is 6.42 Å². The van der Waals surface area contributed by atoms with Gasteiger partial charge >= 0.3 is 11.9 Å². The Hall–Kier alpha value is -1.84. The zero-order valence-electron chi connectivity index (χ0n) is 34.2. The number of carboxylic acids is 1. The van der Waals surface area contributed by atoms with E-state index in [4.69, 9.17) is 9.84 Å².